The first-order valence-corrected chi connectivity index (χ1v) is 8.68. The summed E-state index contributed by atoms with van der Waals surface area (Å²) < 4.78 is 1.83. The molecule has 3 rings (SSSR count). The van der Waals surface area contributed by atoms with Gasteiger partial charge in [-0.1, -0.05) is 12.1 Å². The SMILES string of the molecule is Cc1nn(C)c(C)c1[C@@H](C)C(=O)NCCCc1nc2ccccc2[nH]1. The molecule has 1 aromatic carbocycles. The van der Waals surface area contributed by atoms with Crippen LogP contribution >= 0.6 is 0 Å². The maximum atomic E-state index is 12.4. The normalized spacial score (nSPS) is 12.5. The monoisotopic (exact) mass is 339 g/mol. The van der Waals surface area contributed by atoms with Gasteiger partial charge in [-0.15, -0.1) is 0 Å². The van der Waals surface area contributed by atoms with Crippen LogP contribution in [0.1, 0.15) is 42.0 Å². The van der Waals surface area contributed by atoms with E-state index in [-0.39, 0.29) is 11.8 Å². The van der Waals surface area contributed by atoms with E-state index in [1.807, 2.05) is 56.8 Å². The van der Waals surface area contributed by atoms with E-state index in [0.717, 1.165) is 46.7 Å². The molecule has 0 aliphatic rings. The second-order valence-electron chi connectivity index (χ2n) is 6.53. The lowest BCUT2D eigenvalue weighted by atomic mass is 9.98. The van der Waals surface area contributed by atoms with Crippen molar-refractivity contribution in [1.82, 2.24) is 25.1 Å². The summed E-state index contributed by atoms with van der Waals surface area (Å²) in [5, 5.41) is 7.43. The molecule has 0 spiro atoms. The Kier molecular flexibility index (Phi) is 4.88. The largest absolute Gasteiger partial charge is 0.356 e. The lowest BCUT2D eigenvalue weighted by Gasteiger charge is -2.13. The van der Waals surface area contributed by atoms with E-state index >= 15 is 0 Å². The number of hydrogen-bond donors (Lipinski definition) is 2. The fourth-order valence-corrected chi connectivity index (χ4v) is 3.29. The third-order valence-corrected chi connectivity index (χ3v) is 4.72. The lowest BCUT2D eigenvalue weighted by Crippen LogP contribution is -2.29. The minimum Gasteiger partial charge on any atom is -0.356 e. The zero-order valence-corrected chi connectivity index (χ0v) is 15.3. The molecule has 0 unspecified atom stereocenters. The lowest BCUT2D eigenvalue weighted by molar-refractivity contribution is -0.122. The van der Waals surface area contributed by atoms with Crippen molar-refractivity contribution in [2.75, 3.05) is 6.54 Å². The van der Waals surface area contributed by atoms with Gasteiger partial charge in [0.15, 0.2) is 0 Å². The molecule has 1 atom stereocenters. The Labute approximate surface area is 147 Å². The number of para-hydroxylation sites is 2. The molecule has 0 aliphatic heterocycles. The molecule has 25 heavy (non-hydrogen) atoms. The first-order chi connectivity index (χ1) is 12.0. The summed E-state index contributed by atoms with van der Waals surface area (Å²) in [4.78, 5) is 20.3. The quantitative estimate of drug-likeness (QED) is 0.678. The number of aromatic amines is 1. The molecule has 2 aromatic heterocycles. The van der Waals surface area contributed by atoms with Gasteiger partial charge in [-0.25, -0.2) is 4.98 Å². The number of H-pyrrole nitrogens is 1. The predicted octanol–water partition coefficient (Wildman–Crippen LogP) is 2.77. The average Bonchev–Trinajstić information content (AvgIpc) is 3.11. The van der Waals surface area contributed by atoms with Crippen LogP contribution in [0.4, 0.5) is 0 Å². The summed E-state index contributed by atoms with van der Waals surface area (Å²) in [6.07, 6.45) is 1.66. The van der Waals surface area contributed by atoms with Crippen LogP contribution in [0.25, 0.3) is 11.0 Å². The van der Waals surface area contributed by atoms with Crippen molar-refractivity contribution in [2.45, 2.75) is 39.5 Å². The van der Waals surface area contributed by atoms with Crippen molar-refractivity contribution in [3.63, 3.8) is 0 Å². The third kappa shape index (κ3) is 3.57. The van der Waals surface area contributed by atoms with Crippen LogP contribution < -0.4 is 5.32 Å². The smallest absolute Gasteiger partial charge is 0.227 e. The number of hydrogen-bond acceptors (Lipinski definition) is 3. The Balaban J connectivity index is 1.52. The minimum atomic E-state index is -0.195. The van der Waals surface area contributed by atoms with Crippen molar-refractivity contribution >= 4 is 16.9 Å². The van der Waals surface area contributed by atoms with E-state index in [1.54, 1.807) is 0 Å². The first-order valence-electron chi connectivity index (χ1n) is 8.68. The number of carbonyl (C=O) groups is 1. The molecule has 1 amide bonds. The Hall–Kier alpha value is -2.63. The van der Waals surface area contributed by atoms with Gasteiger partial charge in [0.1, 0.15) is 5.82 Å². The number of amides is 1. The van der Waals surface area contributed by atoms with Gasteiger partial charge in [0.2, 0.25) is 5.91 Å². The third-order valence-electron chi connectivity index (χ3n) is 4.72. The first kappa shape index (κ1) is 17.2. The molecule has 0 bridgehead atoms. The Morgan fingerprint density at radius 2 is 2.08 bits per heavy atom. The van der Waals surface area contributed by atoms with E-state index in [4.69, 9.17) is 0 Å². The number of imidazole rings is 1. The van der Waals surface area contributed by atoms with Crippen LogP contribution in [-0.4, -0.2) is 32.2 Å². The fraction of sp³-hybridized carbons (Fsp3) is 0.421. The number of nitrogens with one attached hydrogen (secondary N) is 2. The maximum Gasteiger partial charge on any atom is 0.227 e. The van der Waals surface area contributed by atoms with Gasteiger partial charge in [-0.05, 0) is 39.3 Å². The number of aryl methyl sites for hydroxylation is 3. The number of nitrogens with zero attached hydrogens (tertiary/aromatic N) is 3. The van der Waals surface area contributed by atoms with E-state index < -0.39 is 0 Å². The van der Waals surface area contributed by atoms with Gasteiger partial charge in [0, 0.05) is 31.3 Å². The molecule has 0 aliphatic carbocycles. The molecule has 0 saturated heterocycles. The molecule has 0 radical (unpaired) electrons. The zero-order chi connectivity index (χ0) is 18.0. The molecule has 3 aromatic rings. The second-order valence-corrected chi connectivity index (χ2v) is 6.53. The zero-order valence-electron chi connectivity index (χ0n) is 15.3. The van der Waals surface area contributed by atoms with Gasteiger partial charge < -0.3 is 10.3 Å². The van der Waals surface area contributed by atoms with Crippen LogP contribution in [0.15, 0.2) is 24.3 Å². The molecular formula is C19H25N5O. The van der Waals surface area contributed by atoms with Gasteiger partial charge in [-0.3, -0.25) is 9.48 Å². The summed E-state index contributed by atoms with van der Waals surface area (Å²) in [5.41, 5.74) is 5.03. The Morgan fingerprint density at radius 3 is 2.76 bits per heavy atom. The van der Waals surface area contributed by atoms with Crippen molar-refractivity contribution in [1.29, 1.82) is 0 Å². The molecule has 132 valence electrons. The average molecular weight is 339 g/mol. The highest BCUT2D eigenvalue weighted by atomic mass is 16.1. The molecule has 6 heteroatoms. The van der Waals surface area contributed by atoms with E-state index in [9.17, 15) is 4.79 Å². The number of aromatic nitrogens is 4. The van der Waals surface area contributed by atoms with Gasteiger partial charge in [-0.2, -0.15) is 5.10 Å². The van der Waals surface area contributed by atoms with Gasteiger partial charge in [0.05, 0.1) is 22.6 Å². The molecule has 0 saturated carbocycles. The molecule has 2 N–H and O–H groups in total. The van der Waals surface area contributed by atoms with Crippen molar-refractivity contribution in [2.24, 2.45) is 7.05 Å². The summed E-state index contributed by atoms with van der Waals surface area (Å²) in [6.45, 7) is 6.53. The Morgan fingerprint density at radius 1 is 1.32 bits per heavy atom. The van der Waals surface area contributed by atoms with Crippen LogP contribution in [0.5, 0.6) is 0 Å². The number of carbonyl (C=O) groups excluding carboxylic acids is 1. The van der Waals surface area contributed by atoms with Crippen LogP contribution in [0.3, 0.4) is 0 Å². The fourth-order valence-electron chi connectivity index (χ4n) is 3.29. The Bertz CT molecular complexity index is 859. The highest BCUT2D eigenvalue weighted by Gasteiger charge is 2.22. The van der Waals surface area contributed by atoms with Crippen LogP contribution in [-0.2, 0) is 18.3 Å². The van der Waals surface area contributed by atoms with Gasteiger partial charge in [0.25, 0.3) is 0 Å². The van der Waals surface area contributed by atoms with E-state index in [0.29, 0.717) is 6.54 Å². The van der Waals surface area contributed by atoms with Crippen molar-refractivity contribution in [3.05, 3.63) is 47.0 Å². The van der Waals surface area contributed by atoms with Crippen molar-refractivity contribution < 1.29 is 4.79 Å². The summed E-state index contributed by atoms with van der Waals surface area (Å²) >= 11 is 0. The summed E-state index contributed by atoms with van der Waals surface area (Å²) in [6, 6.07) is 8.00. The van der Waals surface area contributed by atoms with E-state index in [1.165, 1.54) is 0 Å². The summed E-state index contributed by atoms with van der Waals surface area (Å²) in [5.74, 6) is 0.811. The van der Waals surface area contributed by atoms with E-state index in [2.05, 4.69) is 20.4 Å². The molecular weight excluding hydrogens is 314 g/mol. The molecule has 0 fully saturated rings. The minimum absolute atomic E-state index is 0.0452. The van der Waals surface area contributed by atoms with Gasteiger partial charge >= 0.3 is 0 Å². The maximum absolute atomic E-state index is 12.4. The highest BCUT2D eigenvalue weighted by Crippen LogP contribution is 2.22. The number of fused-ring (bicyclic) bond motifs is 1. The van der Waals surface area contributed by atoms with Crippen LogP contribution in [0, 0.1) is 13.8 Å². The number of benzene rings is 1. The highest BCUT2D eigenvalue weighted by molar-refractivity contribution is 5.83. The molecule has 2 heterocycles. The van der Waals surface area contributed by atoms with Crippen LogP contribution in [0.2, 0.25) is 0 Å². The predicted molar refractivity (Wildman–Crippen MR) is 98.5 cm³/mol. The summed E-state index contributed by atoms with van der Waals surface area (Å²) in [7, 11) is 1.91. The second kappa shape index (κ2) is 7.09. The number of rotatable bonds is 6. The molecule has 6 nitrogen and oxygen atoms in total. The van der Waals surface area contributed by atoms with Crippen molar-refractivity contribution in [3.8, 4) is 0 Å². The standard InChI is InChI=1S/C19H25N5O/c1-12(18-13(2)23-24(4)14(18)3)19(25)20-11-7-10-17-21-15-8-5-6-9-16(15)22-17/h5-6,8-9,12H,7,10-11H2,1-4H3,(H,20,25)(H,21,22)/t12-/m1/s1. The topological polar surface area (TPSA) is 75.6 Å².